The van der Waals surface area contributed by atoms with Crippen molar-refractivity contribution < 1.29 is 9.13 Å². The van der Waals surface area contributed by atoms with Crippen LogP contribution in [0.5, 0.6) is 11.6 Å². The van der Waals surface area contributed by atoms with Crippen molar-refractivity contribution in [2.24, 2.45) is 0 Å². The van der Waals surface area contributed by atoms with Crippen LogP contribution in [0.3, 0.4) is 0 Å². The molecule has 0 unspecified atom stereocenters. The normalized spacial score (nSPS) is 11.0. The van der Waals surface area contributed by atoms with E-state index in [9.17, 15) is 4.39 Å². The largest absolute Gasteiger partial charge is 0.438 e. The molecule has 0 aliphatic heterocycles. The van der Waals surface area contributed by atoms with Gasteiger partial charge in [-0.25, -0.2) is 9.37 Å². The van der Waals surface area contributed by atoms with Gasteiger partial charge in [0.05, 0.1) is 4.47 Å². The van der Waals surface area contributed by atoms with E-state index in [1.807, 2.05) is 19.1 Å². The zero-order valence-electron chi connectivity index (χ0n) is 12.3. The molecule has 0 saturated carbocycles. The van der Waals surface area contributed by atoms with Gasteiger partial charge < -0.3 is 10.1 Å². The summed E-state index contributed by atoms with van der Waals surface area (Å²) in [6.45, 7) is 6.87. The first-order valence-electron chi connectivity index (χ1n) is 6.78. The van der Waals surface area contributed by atoms with Gasteiger partial charge in [-0.1, -0.05) is 13.8 Å². The zero-order chi connectivity index (χ0) is 15.4. The number of nitrogens with one attached hydrogen (secondary N) is 1. The number of rotatable bonds is 5. The Morgan fingerprint density at radius 2 is 2.05 bits per heavy atom. The second kappa shape index (κ2) is 7.00. The lowest BCUT2D eigenvalue weighted by molar-refractivity contribution is 0.455. The molecule has 3 nitrogen and oxygen atoms in total. The van der Waals surface area contributed by atoms with Gasteiger partial charge in [0.2, 0.25) is 5.88 Å². The van der Waals surface area contributed by atoms with Crippen molar-refractivity contribution in [2.45, 2.75) is 33.4 Å². The number of aromatic nitrogens is 1. The van der Waals surface area contributed by atoms with Crippen LogP contribution < -0.4 is 10.1 Å². The first kappa shape index (κ1) is 15.9. The Morgan fingerprint density at radius 3 is 2.71 bits per heavy atom. The van der Waals surface area contributed by atoms with E-state index in [4.69, 9.17) is 4.74 Å². The molecule has 5 heteroatoms. The second-order valence-electron chi connectivity index (χ2n) is 5.17. The van der Waals surface area contributed by atoms with Gasteiger partial charge >= 0.3 is 0 Å². The van der Waals surface area contributed by atoms with Gasteiger partial charge in [0.25, 0.3) is 0 Å². The number of ether oxygens (including phenoxy) is 1. The molecule has 1 aromatic heterocycles. The Bertz CT molecular complexity index is 632. The van der Waals surface area contributed by atoms with E-state index in [-0.39, 0.29) is 5.82 Å². The molecule has 2 rings (SSSR count). The van der Waals surface area contributed by atoms with E-state index < -0.39 is 0 Å². The first-order valence-corrected chi connectivity index (χ1v) is 7.57. The van der Waals surface area contributed by atoms with Gasteiger partial charge in [0.1, 0.15) is 11.6 Å². The molecule has 0 bridgehead atoms. The number of hydrogen-bond donors (Lipinski definition) is 1. The highest BCUT2D eigenvalue weighted by atomic mass is 79.9. The van der Waals surface area contributed by atoms with Crippen molar-refractivity contribution in [3.63, 3.8) is 0 Å². The molecule has 1 aromatic carbocycles. The molecular weight excluding hydrogens is 335 g/mol. The standard InChI is InChI=1S/C16H18BrFN2O/c1-10(2)19-9-12-6-11(3)20-16(7-12)21-15-5-4-13(18)8-14(15)17/h4-8,10,19H,9H2,1-3H3. The van der Waals surface area contributed by atoms with E-state index in [0.717, 1.165) is 17.8 Å². The van der Waals surface area contributed by atoms with E-state index in [1.165, 1.54) is 12.1 Å². The molecule has 21 heavy (non-hydrogen) atoms. The molecule has 0 radical (unpaired) electrons. The van der Waals surface area contributed by atoms with Gasteiger partial charge in [-0.15, -0.1) is 0 Å². The molecule has 0 spiro atoms. The topological polar surface area (TPSA) is 34.1 Å². The monoisotopic (exact) mass is 352 g/mol. The maximum absolute atomic E-state index is 13.1. The fraction of sp³-hybridized carbons (Fsp3) is 0.312. The van der Waals surface area contributed by atoms with Crippen LogP contribution in [-0.4, -0.2) is 11.0 Å². The highest BCUT2D eigenvalue weighted by molar-refractivity contribution is 9.10. The van der Waals surface area contributed by atoms with Crippen molar-refractivity contribution >= 4 is 15.9 Å². The van der Waals surface area contributed by atoms with Gasteiger partial charge in [0, 0.05) is 24.3 Å². The average Bonchev–Trinajstić information content (AvgIpc) is 2.39. The molecule has 0 atom stereocenters. The lowest BCUT2D eigenvalue weighted by atomic mass is 10.2. The quantitative estimate of drug-likeness (QED) is 0.854. The van der Waals surface area contributed by atoms with Crippen molar-refractivity contribution in [1.29, 1.82) is 0 Å². The fourth-order valence-electron chi connectivity index (χ4n) is 1.85. The maximum Gasteiger partial charge on any atom is 0.219 e. The van der Waals surface area contributed by atoms with E-state index >= 15 is 0 Å². The SMILES string of the molecule is Cc1cc(CNC(C)C)cc(Oc2ccc(F)cc2Br)n1. The number of aryl methyl sites for hydroxylation is 1. The number of nitrogens with zero attached hydrogens (tertiary/aromatic N) is 1. The lowest BCUT2D eigenvalue weighted by Crippen LogP contribution is -2.21. The highest BCUT2D eigenvalue weighted by Gasteiger charge is 2.07. The number of pyridine rings is 1. The van der Waals surface area contributed by atoms with Crippen molar-refractivity contribution in [3.8, 4) is 11.6 Å². The lowest BCUT2D eigenvalue weighted by Gasteiger charge is -2.11. The summed E-state index contributed by atoms with van der Waals surface area (Å²) in [5.41, 5.74) is 1.98. The Morgan fingerprint density at radius 1 is 1.29 bits per heavy atom. The average molecular weight is 353 g/mol. The minimum absolute atomic E-state index is 0.312. The zero-order valence-corrected chi connectivity index (χ0v) is 13.9. The third-order valence-electron chi connectivity index (χ3n) is 2.81. The molecule has 1 heterocycles. The van der Waals surface area contributed by atoms with Gasteiger partial charge in [0.15, 0.2) is 0 Å². The Balaban J connectivity index is 2.19. The van der Waals surface area contributed by atoms with Gasteiger partial charge in [-0.3, -0.25) is 0 Å². The van der Waals surface area contributed by atoms with Crippen LogP contribution in [0.2, 0.25) is 0 Å². The second-order valence-corrected chi connectivity index (χ2v) is 6.02. The van der Waals surface area contributed by atoms with Crippen LogP contribution in [0, 0.1) is 12.7 Å². The van der Waals surface area contributed by atoms with Gasteiger partial charge in [-0.2, -0.15) is 0 Å². The van der Waals surface area contributed by atoms with Crippen LogP contribution in [-0.2, 0) is 6.54 Å². The number of hydrogen-bond acceptors (Lipinski definition) is 3. The van der Waals surface area contributed by atoms with E-state index in [0.29, 0.717) is 22.1 Å². The molecule has 1 N–H and O–H groups in total. The number of benzene rings is 1. The Kier molecular flexibility index (Phi) is 5.31. The van der Waals surface area contributed by atoms with Crippen molar-refractivity contribution in [1.82, 2.24) is 10.3 Å². The van der Waals surface area contributed by atoms with E-state index in [2.05, 4.69) is 40.1 Å². The number of halogens is 2. The summed E-state index contributed by atoms with van der Waals surface area (Å²) in [5.74, 6) is 0.730. The molecule has 0 saturated heterocycles. The predicted octanol–water partition coefficient (Wildman–Crippen LogP) is 4.58. The molecule has 2 aromatic rings. The Labute approximate surface area is 132 Å². The molecular formula is C16H18BrFN2O. The molecule has 0 aliphatic rings. The van der Waals surface area contributed by atoms with E-state index in [1.54, 1.807) is 6.07 Å². The van der Waals surface area contributed by atoms with Crippen molar-refractivity contribution in [3.05, 3.63) is 51.9 Å². The predicted molar refractivity (Wildman–Crippen MR) is 85.1 cm³/mol. The highest BCUT2D eigenvalue weighted by Crippen LogP contribution is 2.29. The smallest absolute Gasteiger partial charge is 0.219 e. The van der Waals surface area contributed by atoms with Crippen LogP contribution in [0.25, 0.3) is 0 Å². The summed E-state index contributed by atoms with van der Waals surface area (Å²) in [4.78, 5) is 4.36. The molecule has 0 aliphatic carbocycles. The minimum Gasteiger partial charge on any atom is -0.438 e. The molecule has 112 valence electrons. The fourth-order valence-corrected chi connectivity index (χ4v) is 2.29. The van der Waals surface area contributed by atoms with Crippen LogP contribution in [0.1, 0.15) is 25.1 Å². The summed E-state index contributed by atoms with van der Waals surface area (Å²) in [7, 11) is 0. The molecule has 0 fully saturated rings. The molecule has 0 amide bonds. The third-order valence-corrected chi connectivity index (χ3v) is 3.43. The third kappa shape index (κ3) is 4.79. The maximum atomic E-state index is 13.1. The summed E-state index contributed by atoms with van der Waals surface area (Å²) in [5, 5.41) is 3.36. The van der Waals surface area contributed by atoms with Crippen LogP contribution in [0.15, 0.2) is 34.8 Å². The van der Waals surface area contributed by atoms with Crippen LogP contribution in [0.4, 0.5) is 4.39 Å². The minimum atomic E-state index is -0.312. The first-order chi connectivity index (χ1) is 9.94. The van der Waals surface area contributed by atoms with Crippen LogP contribution >= 0.6 is 15.9 Å². The van der Waals surface area contributed by atoms with Gasteiger partial charge in [-0.05, 0) is 52.7 Å². The Hall–Kier alpha value is -1.46. The summed E-state index contributed by atoms with van der Waals surface area (Å²) >= 11 is 3.29. The summed E-state index contributed by atoms with van der Waals surface area (Å²) in [6, 6.07) is 8.62. The van der Waals surface area contributed by atoms with Crippen molar-refractivity contribution in [2.75, 3.05) is 0 Å². The summed E-state index contributed by atoms with van der Waals surface area (Å²) in [6.07, 6.45) is 0. The summed E-state index contributed by atoms with van der Waals surface area (Å²) < 4.78 is 19.4.